The van der Waals surface area contributed by atoms with E-state index in [1.165, 1.54) is 0 Å². The molecule has 0 aromatic carbocycles. The number of carboxylic acids is 1. The quantitative estimate of drug-likeness (QED) is 0.669. The first-order chi connectivity index (χ1) is 8.47. The lowest BCUT2D eigenvalue weighted by Crippen LogP contribution is -2.53. The molecule has 1 aliphatic carbocycles. The second-order valence-electron chi connectivity index (χ2n) is 5.06. The molecule has 0 radical (unpaired) electrons. The summed E-state index contributed by atoms with van der Waals surface area (Å²) in [6, 6.07) is 0. The highest BCUT2D eigenvalue weighted by Gasteiger charge is 2.34. The minimum Gasteiger partial charge on any atom is -0.481 e. The van der Waals surface area contributed by atoms with Crippen molar-refractivity contribution in [1.82, 2.24) is 5.32 Å². The maximum Gasteiger partial charge on any atom is 0.313 e. The smallest absolute Gasteiger partial charge is 0.313 e. The van der Waals surface area contributed by atoms with Gasteiger partial charge in [0.2, 0.25) is 5.91 Å². The number of aliphatic hydroxyl groups is 1. The Morgan fingerprint density at radius 3 is 2.44 bits per heavy atom. The largest absolute Gasteiger partial charge is 0.481 e. The average Bonchev–Trinajstić information content (AvgIpc) is 2.32. The van der Waals surface area contributed by atoms with E-state index < -0.39 is 11.5 Å². The zero-order valence-corrected chi connectivity index (χ0v) is 11.5. The minimum atomic E-state index is -0.920. The maximum atomic E-state index is 11.7. The number of hydrogen-bond acceptors (Lipinski definition) is 4. The van der Waals surface area contributed by atoms with Gasteiger partial charge in [0.1, 0.15) is 0 Å². The number of aliphatic hydroxyl groups excluding tert-OH is 1. The van der Waals surface area contributed by atoms with Gasteiger partial charge in [0, 0.05) is 0 Å². The summed E-state index contributed by atoms with van der Waals surface area (Å²) in [4.78, 5) is 22.0. The summed E-state index contributed by atoms with van der Waals surface area (Å²) in [6.07, 6.45) is 3.59. The van der Waals surface area contributed by atoms with Crippen molar-refractivity contribution in [2.24, 2.45) is 5.92 Å². The van der Waals surface area contributed by atoms with Crippen LogP contribution in [0.3, 0.4) is 0 Å². The fraction of sp³-hybridized carbons (Fsp3) is 0.833. The number of carbonyl (C=O) groups excluding carboxylic acids is 1. The number of rotatable bonds is 6. The molecule has 1 saturated carbocycles. The maximum absolute atomic E-state index is 11.7. The zero-order chi connectivity index (χ0) is 13.6. The van der Waals surface area contributed by atoms with E-state index in [2.05, 4.69) is 12.2 Å². The Bertz CT molecular complexity index is 300. The van der Waals surface area contributed by atoms with E-state index in [0.717, 1.165) is 37.4 Å². The van der Waals surface area contributed by atoms with E-state index >= 15 is 0 Å². The van der Waals surface area contributed by atoms with Gasteiger partial charge < -0.3 is 15.5 Å². The van der Waals surface area contributed by atoms with Crippen molar-refractivity contribution in [3.8, 4) is 0 Å². The van der Waals surface area contributed by atoms with Gasteiger partial charge in [-0.25, -0.2) is 0 Å². The Hall–Kier alpha value is -0.750. The van der Waals surface area contributed by atoms with Crippen LogP contribution in [-0.4, -0.2) is 45.7 Å². The summed E-state index contributed by atoms with van der Waals surface area (Å²) in [5.74, 6) is -0.413. The van der Waals surface area contributed by atoms with Gasteiger partial charge in [0.15, 0.2) is 0 Å². The number of aliphatic carboxylic acids is 1. The molecule has 0 aromatic heterocycles. The summed E-state index contributed by atoms with van der Waals surface area (Å²) in [5.41, 5.74) is -0.493. The molecule has 3 N–H and O–H groups in total. The van der Waals surface area contributed by atoms with Gasteiger partial charge in [-0.15, -0.1) is 11.8 Å². The fourth-order valence-electron chi connectivity index (χ4n) is 2.20. The normalized spacial score (nSPS) is 27.8. The van der Waals surface area contributed by atoms with Crippen LogP contribution in [0.2, 0.25) is 0 Å². The van der Waals surface area contributed by atoms with Crippen molar-refractivity contribution >= 4 is 23.6 Å². The van der Waals surface area contributed by atoms with Crippen LogP contribution in [0.5, 0.6) is 0 Å². The Balaban J connectivity index is 2.38. The molecule has 5 nitrogen and oxygen atoms in total. The molecule has 0 spiro atoms. The van der Waals surface area contributed by atoms with E-state index in [4.69, 9.17) is 5.11 Å². The zero-order valence-electron chi connectivity index (χ0n) is 10.6. The van der Waals surface area contributed by atoms with Crippen LogP contribution in [0.4, 0.5) is 0 Å². The Kier molecular flexibility index (Phi) is 5.95. The summed E-state index contributed by atoms with van der Waals surface area (Å²) in [5, 5.41) is 20.8. The Morgan fingerprint density at radius 1 is 1.33 bits per heavy atom. The minimum absolute atomic E-state index is 0.0466. The highest BCUT2D eigenvalue weighted by Crippen LogP contribution is 2.31. The molecule has 1 fully saturated rings. The number of carboxylic acid groups (broad SMARTS) is 1. The van der Waals surface area contributed by atoms with Gasteiger partial charge >= 0.3 is 5.97 Å². The first kappa shape index (κ1) is 15.3. The van der Waals surface area contributed by atoms with Crippen molar-refractivity contribution in [2.45, 2.75) is 38.1 Å². The molecule has 6 heteroatoms. The van der Waals surface area contributed by atoms with Crippen LogP contribution >= 0.6 is 11.8 Å². The number of amides is 1. The summed E-state index contributed by atoms with van der Waals surface area (Å²) in [6.45, 7) is 2.13. The molecule has 0 aromatic rings. The third-order valence-corrected chi connectivity index (χ3v) is 4.31. The molecule has 0 heterocycles. The molecule has 1 aliphatic rings. The molecule has 0 bridgehead atoms. The van der Waals surface area contributed by atoms with E-state index in [1.54, 1.807) is 0 Å². The first-order valence-electron chi connectivity index (χ1n) is 6.19. The molecule has 0 atom stereocenters. The van der Waals surface area contributed by atoms with Crippen LogP contribution in [-0.2, 0) is 9.59 Å². The van der Waals surface area contributed by atoms with Gasteiger partial charge in [-0.3, -0.25) is 9.59 Å². The predicted octanol–water partition coefficient (Wildman–Crippen LogP) is 0.862. The lowest BCUT2D eigenvalue weighted by atomic mass is 9.77. The summed E-state index contributed by atoms with van der Waals surface area (Å²) >= 11 is 1.07. The van der Waals surface area contributed by atoms with Crippen LogP contribution in [0.15, 0.2) is 0 Å². The molecular weight excluding hydrogens is 254 g/mol. The van der Waals surface area contributed by atoms with Crippen molar-refractivity contribution in [1.29, 1.82) is 0 Å². The van der Waals surface area contributed by atoms with Gasteiger partial charge in [-0.1, -0.05) is 6.92 Å². The van der Waals surface area contributed by atoms with Crippen LogP contribution in [0, 0.1) is 5.92 Å². The van der Waals surface area contributed by atoms with Crippen molar-refractivity contribution < 1.29 is 19.8 Å². The predicted molar refractivity (Wildman–Crippen MR) is 70.6 cm³/mol. The summed E-state index contributed by atoms with van der Waals surface area (Å²) < 4.78 is 0. The Labute approximate surface area is 111 Å². The lowest BCUT2D eigenvalue weighted by molar-refractivity contribution is -0.133. The van der Waals surface area contributed by atoms with Gasteiger partial charge in [-0.2, -0.15) is 0 Å². The van der Waals surface area contributed by atoms with Gasteiger partial charge in [0.05, 0.1) is 23.7 Å². The third kappa shape index (κ3) is 4.86. The molecule has 104 valence electrons. The van der Waals surface area contributed by atoms with E-state index in [0.29, 0.717) is 5.92 Å². The highest BCUT2D eigenvalue weighted by molar-refractivity contribution is 8.00. The molecule has 1 rings (SSSR count). The van der Waals surface area contributed by atoms with Gasteiger partial charge in [0.25, 0.3) is 0 Å². The van der Waals surface area contributed by atoms with E-state index in [9.17, 15) is 14.7 Å². The average molecular weight is 275 g/mol. The van der Waals surface area contributed by atoms with Crippen LogP contribution in [0.25, 0.3) is 0 Å². The summed E-state index contributed by atoms with van der Waals surface area (Å²) in [7, 11) is 0. The number of nitrogens with one attached hydrogen (secondary N) is 1. The monoisotopic (exact) mass is 275 g/mol. The molecule has 0 saturated heterocycles. The molecule has 1 amide bonds. The van der Waals surface area contributed by atoms with Crippen molar-refractivity contribution in [3.63, 3.8) is 0 Å². The van der Waals surface area contributed by atoms with Crippen LogP contribution in [0.1, 0.15) is 32.6 Å². The third-order valence-electron chi connectivity index (χ3n) is 3.40. The number of carbonyl (C=O) groups is 2. The number of thioether (sulfide) groups is 1. The molecular formula is C12H21NO4S. The van der Waals surface area contributed by atoms with E-state index in [-0.39, 0.29) is 24.0 Å². The second kappa shape index (κ2) is 6.99. The SMILES string of the molecule is CC1CCC(CO)(NC(=O)CSCC(=O)O)CC1. The first-order valence-corrected chi connectivity index (χ1v) is 7.34. The molecule has 0 unspecified atom stereocenters. The Morgan fingerprint density at radius 2 is 1.94 bits per heavy atom. The topological polar surface area (TPSA) is 86.6 Å². The highest BCUT2D eigenvalue weighted by atomic mass is 32.2. The lowest BCUT2D eigenvalue weighted by Gasteiger charge is -2.38. The second-order valence-corrected chi connectivity index (χ2v) is 6.04. The molecule has 0 aliphatic heterocycles. The van der Waals surface area contributed by atoms with Crippen LogP contribution < -0.4 is 5.32 Å². The fourth-order valence-corrected chi connectivity index (χ4v) is 2.73. The standard InChI is InChI=1S/C12H21NO4S/c1-9-2-4-12(8-14,5-3-9)13-10(15)6-18-7-11(16)17/h9,14H,2-8H2,1H3,(H,13,15)(H,16,17). The van der Waals surface area contributed by atoms with Crippen molar-refractivity contribution in [3.05, 3.63) is 0 Å². The van der Waals surface area contributed by atoms with Gasteiger partial charge in [-0.05, 0) is 31.6 Å². The molecule has 18 heavy (non-hydrogen) atoms. The van der Waals surface area contributed by atoms with Crippen molar-refractivity contribution in [2.75, 3.05) is 18.1 Å². The van der Waals surface area contributed by atoms with E-state index in [1.807, 2.05) is 0 Å². The number of hydrogen-bond donors (Lipinski definition) is 3.